The number of ether oxygens (including phenoxy) is 4. The van der Waals surface area contributed by atoms with Gasteiger partial charge in [-0.15, -0.1) is 0 Å². The third-order valence-electron chi connectivity index (χ3n) is 4.94. The molecule has 172 valence electrons. The van der Waals surface area contributed by atoms with Gasteiger partial charge in [-0.05, 0) is 23.8 Å². The number of esters is 1. The van der Waals surface area contributed by atoms with Crippen LogP contribution in [0.15, 0.2) is 36.4 Å². The minimum atomic E-state index is -3.65. The average Bonchev–Trinajstić information content (AvgIpc) is 3.09. The van der Waals surface area contributed by atoms with Gasteiger partial charge in [-0.25, -0.2) is 4.79 Å². The Morgan fingerprint density at radius 2 is 1.56 bits per heavy atom. The summed E-state index contributed by atoms with van der Waals surface area (Å²) < 4.78 is 50.7. The van der Waals surface area contributed by atoms with Crippen molar-refractivity contribution in [2.75, 3.05) is 41.3 Å². The highest BCUT2D eigenvalue weighted by Gasteiger charge is 2.26. The fourth-order valence-electron chi connectivity index (χ4n) is 3.55. The average molecular weight is 464 g/mol. The molecule has 1 aromatic heterocycles. The molecule has 0 aliphatic carbocycles. The van der Waals surface area contributed by atoms with E-state index < -0.39 is 16.1 Å². The number of carbonyl (C=O) groups is 1. The van der Waals surface area contributed by atoms with Gasteiger partial charge in [-0.1, -0.05) is 12.1 Å². The second-order valence-electron chi connectivity index (χ2n) is 6.85. The molecule has 0 aliphatic rings. The van der Waals surface area contributed by atoms with Crippen LogP contribution in [0, 0.1) is 0 Å². The predicted octanol–water partition coefficient (Wildman–Crippen LogP) is 3.10. The number of carbonyl (C=O) groups excluding carboxylic acids is 1. The number of methoxy groups -OCH3 is 4. The fourth-order valence-corrected chi connectivity index (χ4v) is 3.92. The third-order valence-corrected chi connectivity index (χ3v) is 5.53. The Balaban J connectivity index is 2.33. The molecule has 0 bridgehead atoms. The molecular formula is C22H25NO8S. The van der Waals surface area contributed by atoms with Gasteiger partial charge in [0.25, 0.3) is 10.1 Å². The zero-order chi connectivity index (χ0) is 23.5. The smallest absolute Gasteiger partial charge is 0.355 e. The van der Waals surface area contributed by atoms with Crippen molar-refractivity contribution in [3.05, 3.63) is 42.1 Å². The SMILES string of the molecule is COC(=O)c1c(-c2ccc(OC)cc2)c2cc(OC)c(OC)cc2n1CCOS(C)(=O)=O. The van der Waals surface area contributed by atoms with Crippen molar-refractivity contribution in [3.63, 3.8) is 0 Å². The highest BCUT2D eigenvalue weighted by molar-refractivity contribution is 7.85. The molecule has 1 heterocycles. The summed E-state index contributed by atoms with van der Waals surface area (Å²) in [6.45, 7) is -0.0807. The van der Waals surface area contributed by atoms with Gasteiger partial charge in [0.15, 0.2) is 11.5 Å². The Bertz CT molecular complexity index is 1230. The highest BCUT2D eigenvalue weighted by Crippen LogP contribution is 2.41. The van der Waals surface area contributed by atoms with E-state index in [9.17, 15) is 13.2 Å². The highest BCUT2D eigenvalue weighted by atomic mass is 32.2. The van der Waals surface area contributed by atoms with Gasteiger partial charge < -0.3 is 23.5 Å². The molecule has 0 aliphatic heterocycles. The Hall–Kier alpha value is -3.24. The van der Waals surface area contributed by atoms with Crippen LogP contribution in [0.25, 0.3) is 22.0 Å². The molecule has 0 saturated carbocycles. The number of benzene rings is 2. The van der Waals surface area contributed by atoms with Crippen LogP contribution in [-0.2, 0) is 25.6 Å². The van der Waals surface area contributed by atoms with E-state index in [1.54, 1.807) is 35.9 Å². The number of nitrogens with zero attached hydrogens (tertiary/aromatic N) is 1. The summed E-state index contributed by atoms with van der Waals surface area (Å²) in [5.41, 5.74) is 2.23. The zero-order valence-corrected chi connectivity index (χ0v) is 19.3. The van der Waals surface area contributed by atoms with Gasteiger partial charge in [-0.2, -0.15) is 8.42 Å². The maximum absolute atomic E-state index is 12.9. The summed E-state index contributed by atoms with van der Waals surface area (Å²) in [6.07, 6.45) is 0.971. The monoisotopic (exact) mass is 463 g/mol. The fraction of sp³-hybridized carbons (Fsp3) is 0.318. The van der Waals surface area contributed by atoms with E-state index >= 15 is 0 Å². The number of hydrogen-bond donors (Lipinski definition) is 0. The van der Waals surface area contributed by atoms with Crippen LogP contribution in [0.1, 0.15) is 10.5 Å². The summed E-state index contributed by atoms with van der Waals surface area (Å²) in [6, 6.07) is 10.7. The maximum Gasteiger partial charge on any atom is 0.355 e. The normalized spacial score (nSPS) is 11.4. The number of aromatic nitrogens is 1. The summed E-state index contributed by atoms with van der Waals surface area (Å²) in [5, 5.41) is 0.701. The van der Waals surface area contributed by atoms with E-state index in [1.165, 1.54) is 21.3 Å². The van der Waals surface area contributed by atoms with E-state index in [2.05, 4.69) is 0 Å². The lowest BCUT2D eigenvalue weighted by Crippen LogP contribution is -2.16. The van der Waals surface area contributed by atoms with E-state index in [0.717, 1.165) is 11.8 Å². The molecule has 32 heavy (non-hydrogen) atoms. The summed E-state index contributed by atoms with van der Waals surface area (Å²) >= 11 is 0. The molecule has 9 nitrogen and oxygen atoms in total. The molecule has 3 rings (SSSR count). The van der Waals surface area contributed by atoms with Crippen molar-refractivity contribution >= 4 is 27.0 Å². The van der Waals surface area contributed by atoms with Crippen molar-refractivity contribution < 1.29 is 36.3 Å². The van der Waals surface area contributed by atoms with Crippen LogP contribution in [0.2, 0.25) is 0 Å². The quantitative estimate of drug-likeness (QED) is 0.352. The largest absolute Gasteiger partial charge is 0.497 e. The first-order valence-corrected chi connectivity index (χ1v) is 11.4. The second-order valence-corrected chi connectivity index (χ2v) is 8.49. The Morgan fingerprint density at radius 1 is 0.938 bits per heavy atom. The zero-order valence-electron chi connectivity index (χ0n) is 18.5. The van der Waals surface area contributed by atoms with Crippen LogP contribution in [0.3, 0.4) is 0 Å². The maximum atomic E-state index is 12.9. The standard InChI is InChI=1S/C22H25NO8S/c1-27-15-8-6-14(7-9-15)20-16-12-18(28-2)19(29-3)13-17(16)23(21(20)22(24)30-4)10-11-31-32(5,25)26/h6-9,12-13H,10-11H2,1-5H3. The van der Waals surface area contributed by atoms with Crippen molar-refractivity contribution in [1.29, 1.82) is 0 Å². The molecule has 0 saturated heterocycles. The van der Waals surface area contributed by atoms with E-state index in [1.807, 2.05) is 12.1 Å². The van der Waals surface area contributed by atoms with Gasteiger partial charge in [0.05, 0.1) is 46.8 Å². The first kappa shape index (κ1) is 23.4. The minimum absolute atomic E-state index is 0.0830. The third kappa shape index (κ3) is 4.66. The molecule has 0 spiro atoms. The van der Waals surface area contributed by atoms with E-state index in [-0.39, 0.29) is 18.8 Å². The summed E-state index contributed by atoms with van der Waals surface area (Å²) in [7, 11) is 2.24. The molecular weight excluding hydrogens is 438 g/mol. The first-order valence-electron chi connectivity index (χ1n) is 9.59. The van der Waals surface area contributed by atoms with Crippen LogP contribution in [0.4, 0.5) is 0 Å². The van der Waals surface area contributed by atoms with Crippen LogP contribution in [0.5, 0.6) is 17.2 Å². The molecule has 0 N–H and O–H groups in total. The predicted molar refractivity (Wildman–Crippen MR) is 119 cm³/mol. The van der Waals surface area contributed by atoms with E-state index in [0.29, 0.717) is 33.7 Å². The molecule has 0 amide bonds. The van der Waals surface area contributed by atoms with Crippen molar-refractivity contribution in [3.8, 4) is 28.4 Å². The first-order chi connectivity index (χ1) is 15.2. The Morgan fingerprint density at radius 3 is 2.09 bits per heavy atom. The van der Waals surface area contributed by atoms with Crippen molar-refractivity contribution in [1.82, 2.24) is 4.57 Å². The van der Waals surface area contributed by atoms with Crippen LogP contribution >= 0.6 is 0 Å². The van der Waals surface area contributed by atoms with Crippen molar-refractivity contribution in [2.45, 2.75) is 6.54 Å². The topological polar surface area (TPSA) is 102 Å². The second kappa shape index (κ2) is 9.49. The van der Waals surface area contributed by atoms with Gasteiger partial charge in [0.1, 0.15) is 11.4 Å². The van der Waals surface area contributed by atoms with Gasteiger partial charge in [0, 0.05) is 23.6 Å². The van der Waals surface area contributed by atoms with Crippen molar-refractivity contribution in [2.24, 2.45) is 0 Å². The van der Waals surface area contributed by atoms with Gasteiger partial charge >= 0.3 is 5.97 Å². The van der Waals surface area contributed by atoms with Crippen LogP contribution in [-0.4, -0.2) is 60.3 Å². The number of rotatable bonds is 9. The lowest BCUT2D eigenvalue weighted by molar-refractivity contribution is 0.0589. The molecule has 0 atom stereocenters. The lowest BCUT2D eigenvalue weighted by atomic mass is 10.0. The van der Waals surface area contributed by atoms with Crippen LogP contribution < -0.4 is 14.2 Å². The molecule has 3 aromatic rings. The molecule has 2 aromatic carbocycles. The van der Waals surface area contributed by atoms with Gasteiger partial charge in [-0.3, -0.25) is 4.18 Å². The molecule has 0 unspecified atom stereocenters. The Labute approximate surface area is 186 Å². The lowest BCUT2D eigenvalue weighted by Gasteiger charge is -2.12. The minimum Gasteiger partial charge on any atom is -0.497 e. The Kier molecular flexibility index (Phi) is 6.95. The van der Waals surface area contributed by atoms with E-state index in [4.69, 9.17) is 23.1 Å². The molecule has 0 fully saturated rings. The summed E-state index contributed by atoms with van der Waals surface area (Å²) in [4.78, 5) is 12.9. The molecule has 10 heteroatoms. The number of hydrogen-bond acceptors (Lipinski definition) is 8. The molecule has 0 radical (unpaired) electrons. The summed E-state index contributed by atoms with van der Waals surface area (Å²) in [5.74, 6) is 1.03. The van der Waals surface area contributed by atoms with Gasteiger partial charge in [0.2, 0.25) is 0 Å². The number of fused-ring (bicyclic) bond motifs is 1.